The van der Waals surface area contributed by atoms with Gasteiger partial charge in [-0.2, -0.15) is 0 Å². The lowest BCUT2D eigenvalue weighted by molar-refractivity contribution is 1.20. The van der Waals surface area contributed by atoms with Gasteiger partial charge in [-0.1, -0.05) is 12.2 Å². The third-order valence-corrected chi connectivity index (χ3v) is 1.71. The molecule has 3 heteroatoms. The summed E-state index contributed by atoms with van der Waals surface area (Å²) in [4.78, 5) is 4.11. The normalized spacial score (nSPS) is 10.8. The average Bonchev–Trinajstić information content (AvgIpc) is 2.03. The monoisotopic (exact) mass is 182 g/mol. The van der Waals surface area contributed by atoms with Crippen molar-refractivity contribution in [1.29, 1.82) is 0 Å². The fourth-order valence-electron chi connectivity index (χ4n) is 0.939. The summed E-state index contributed by atoms with van der Waals surface area (Å²) in [5.74, 6) is 1.07. The quantitative estimate of drug-likeness (QED) is 0.713. The van der Waals surface area contributed by atoms with Crippen LogP contribution >= 0.6 is 11.6 Å². The third kappa shape index (κ3) is 2.24. The van der Waals surface area contributed by atoms with Gasteiger partial charge in [0.15, 0.2) is 0 Å². The molecule has 0 amide bonds. The highest BCUT2D eigenvalue weighted by molar-refractivity contribution is 6.19. The van der Waals surface area contributed by atoms with E-state index in [1.54, 1.807) is 6.07 Å². The van der Waals surface area contributed by atoms with Crippen molar-refractivity contribution in [3.05, 3.63) is 29.5 Å². The summed E-state index contributed by atoms with van der Waals surface area (Å²) in [5, 5.41) is 0. The van der Waals surface area contributed by atoms with Crippen molar-refractivity contribution in [1.82, 2.24) is 4.98 Å². The van der Waals surface area contributed by atoms with Gasteiger partial charge in [0.1, 0.15) is 5.82 Å². The second kappa shape index (κ2) is 4.12. The van der Waals surface area contributed by atoms with Crippen LogP contribution in [0.25, 0.3) is 6.08 Å². The third-order valence-electron chi connectivity index (χ3n) is 1.53. The van der Waals surface area contributed by atoms with Gasteiger partial charge in [-0.05, 0) is 24.6 Å². The van der Waals surface area contributed by atoms with E-state index in [9.17, 15) is 0 Å². The lowest BCUT2D eigenvalue weighted by atomic mass is 10.2. The van der Waals surface area contributed by atoms with E-state index in [0.29, 0.717) is 11.7 Å². The Morgan fingerprint density at radius 1 is 1.58 bits per heavy atom. The highest BCUT2D eigenvalue weighted by Crippen LogP contribution is 2.09. The largest absolute Gasteiger partial charge is 0.384 e. The number of alkyl halides is 1. The van der Waals surface area contributed by atoms with E-state index in [-0.39, 0.29) is 0 Å². The number of hydrogen-bond donors (Lipinski definition) is 1. The maximum Gasteiger partial charge on any atom is 0.123 e. The Kier molecular flexibility index (Phi) is 3.11. The first-order valence-electron chi connectivity index (χ1n) is 3.69. The predicted octanol–water partition coefficient (Wildman–Crippen LogP) is 2.22. The molecule has 0 unspecified atom stereocenters. The average molecular weight is 183 g/mol. The lowest BCUT2D eigenvalue weighted by Crippen LogP contribution is -1.93. The molecule has 0 aliphatic heterocycles. The number of allylic oxidation sites excluding steroid dienone is 1. The van der Waals surface area contributed by atoms with E-state index < -0.39 is 0 Å². The molecule has 0 aliphatic rings. The maximum atomic E-state index is 5.50. The van der Waals surface area contributed by atoms with Gasteiger partial charge in [-0.25, -0.2) is 4.98 Å². The molecule has 0 saturated heterocycles. The van der Waals surface area contributed by atoms with Gasteiger partial charge in [0.05, 0.1) is 0 Å². The Hall–Kier alpha value is -1.02. The Morgan fingerprint density at radius 3 is 2.92 bits per heavy atom. The lowest BCUT2D eigenvalue weighted by Gasteiger charge is -1.99. The van der Waals surface area contributed by atoms with Crippen LogP contribution in [0.2, 0.25) is 0 Å². The first-order valence-corrected chi connectivity index (χ1v) is 4.23. The van der Waals surface area contributed by atoms with Gasteiger partial charge in [0.25, 0.3) is 0 Å². The summed E-state index contributed by atoms with van der Waals surface area (Å²) in [7, 11) is 0. The van der Waals surface area contributed by atoms with Crippen molar-refractivity contribution in [2.45, 2.75) is 6.92 Å². The molecule has 1 aromatic rings. The van der Waals surface area contributed by atoms with Crippen molar-refractivity contribution < 1.29 is 0 Å². The molecule has 0 aliphatic carbocycles. The second-order valence-electron chi connectivity index (χ2n) is 2.47. The molecular formula is C9H11ClN2. The number of aromatic nitrogens is 1. The summed E-state index contributed by atoms with van der Waals surface area (Å²) in [6.07, 6.45) is 3.82. The zero-order chi connectivity index (χ0) is 8.97. The fourth-order valence-corrected chi connectivity index (χ4v) is 1.03. The van der Waals surface area contributed by atoms with Crippen LogP contribution in [-0.4, -0.2) is 10.9 Å². The molecule has 1 rings (SSSR count). The van der Waals surface area contributed by atoms with Gasteiger partial charge < -0.3 is 5.73 Å². The number of aryl methyl sites for hydroxylation is 1. The van der Waals surface area contributed by atoms with Gasteiger partial charge in [-0.15, -0.1) is 11.6 Å². The Morgan fingerprint density at radius 2 is 2.33 bits per heavy atom. The topological polar surface area (TPSA) is 38.9 Å². The summed E-state index contributed by atoms with van der Waals surface area (Å²) in [5.41, 5.74) is 7.48. The zero-order valence-electron chi connectivity index (χ0n) is 6.92. The zero-order valence-corrected chi connectivity index (χ0v) is 7.67. The summed E-state index contributed by atoms with van der Waals surface area (Å²) >= 11 is 5.50. The van der Waals surface area contributed by atoms with Crippen molar-refractivity contribution in [2.75, 3.05) is 11.6 Å². The summed E-state index contributed by atoms with van der Waals surface area (Å²) in [6, 6.07) is 3.71. The van der Waals surface area contributed by atoms with Gasteiger partial charge >= 0.3 is 0 Å². The van der Waals surface area contributed by atoms with Gasteiger partial charge in [0.2, 0.25) is 0 Å². The number of halogens is 1. The Labute approximate surface area is 77.1 Å². The molecule has 0 saturated carbocycles. The SMILES string of the molecule is Cc1nc(N)ccc1C=CCCl. The first kappa shape index (κ1) is 9.07. The molecule has 0 bridgehead atoms. The molecule has 0 aromatic carbocycles. The van der Waals surface area contributed by atoms with Crippen molar-refractivity contribution in [2.24, 2.45) is 0 Å². The van der Waals surface area contributed by atoms with E-state index in [0.717, 1.165) is 11.3 Å². The first-order chi connectivity index (χ1) is 5.74. The molecule has 1 heterocycles. The maximum absolute atomic E-state index is 5.50. The highest BCUT2D eigenvalue weighted by Gasteiger charge is 1.94. The number of rotatable bonds is 2. The van der Waals surface area contributed by atoms with E-state index in [1.165, 1.54) is 0 Å². The van der Waals surface area contributed by atoms with Crippen molar-refractivity contribution in [3.8, 4) is 0 Å². The highest BCUT2D eigenvalue weighted by atomic mass is 35.5. The molecule has 64 valence electrons. The van der Waals surface area contributed by atoms with Gasteiger partial charge in [0, 0.05) is 11.6 Å². The van der Waals surface area contributed by atoms with Gasteiger partial charge in [-0.3, -0.25) is 0 Å². The molecule has 1 aromatic heterocycles. The smallest absolute Gasteiger partial charge is 0.123 e. The Balaban J connectivity index is 2.94. The van der Waals surface area contributed by atoms with Crippen molar-refractivity contribution >= 4 is 23.5 Å². The molecular weight excluding hydrogens is 172 g/mol. The number of nitrogens with two attached hydrogens (primary N) is 1. The molecule has 0 spiro atoms. The van der Waals surface area contributed by atoms with Crippen LogP contribution in [0.5, 0.6) is 0 Å². The van der Waals surface area contributed by atoms with Crippen molar-refractivity contribution in [3.63, 3.8) is 0 Å². The number of hydrogen-bond acceptors (Lipinski definition) is 2. The van der Waals surface area contributed by atoms with E-state index in [1.807, 2.05) is 25.1 Å². The molecule has 0 atom stereocenters. The second-order valence-corrected chi connectivity index (χ2v) is 2.78. The molecule has 2 N–H and O–H groups in total. The minimum atomic E-state index is 0.518. The number of nitrogens with zero attached hydrogens (tertiary/aromatic N) is 1. The van der Waals surface area contributed by atoms with Crippen LogP contribution in [0.4, 0.5) is 5.82 Å². The standard InChI is InChI=1S/C9H11ClN2/c1-7-8(3-2-6-10)4-5-9(11)12-7/h2-5H,6H2,1H3,(H2,11,12). The molecule has 12 heavy (non-hydrogen) atoms. The van der Waals surface area contributed by atoms with Crippen LogP contribution in [0.15, 0.2) is 18.2 Å². The Bertz CT molecular complexity index is 295. The van der Waals surface area contributed by atoms with Crippen LogP contribution in [0.3, 0.4) is 0 Å². The van der Waals surface area contributed by atoms with E-state index in [2.05, 4.69) is 4.98 Å². The molecule has 0 radical (unpaired) electrons. The van der Waals surface area contributed by atoms with Crippen LogP contribution in [0.1, 0.15) is 11.3 Å². The van der Waals surface area contributed by atoms with E-state index in [4.69, 9.17) is 17.3 Å². The van der Waals surface area contributed by atoms with Crippen LogP contribution < -0.4 is 5.73 Å². The minimum Gasteiger partial charge on any atom is -0.384 e. The number of nitrogen functional groups attached to an aromatic ring is 1. The summed E-state index contributed by atoms with van der Waals surface area (Å²) < 4.78 is 0. The predicted molar refractivity (Wildman–Crippen MR) is 53.1 cm³/mol. The van der Waals surface area contributed by atoms with E-state index >= 15 is 0 Å². The van der Waals surface area contributed by atoms with Crippen LogP contribution in [-0.2, 0) is 0 Å². The molecule has 0 fully saturated rings. The number of anilines is 1. The summed E-state index contributed by atoms with van der Waals surface area (Å²) in [6.45, 7) is 1.92. The molecule has 2 nitrogen and oxygen atoms in total. The minimum absolute atomic E-state index is 0.518. The number of pyridine rings is 1. The fraction of sp³-hybridized carbons (Fsp3) is 0.222. The van der Waals surface area contributed by atoms with Crippen LogP contribution in [0, 0.1) is 6.92 Å².